The van der Waals surface area contributed by atoms with E-state index in [2.05, 4.69) is 25.1 Å². The second-order valence-electron chi connectivity index (χ2n) is 6.48. The Kier molecular flexibility index (Phi) is 4.44. The van der Waals surface area contributed by atoms with Gasteiger partial charge in [-0.25, -0.2) is 18.1 Å². The fraction of sp³-hybridized carbons (Fsp3) is 0.312. The molecular weight excluding hydrogens is 340 g/mol. The number of hydrogen-bond acceptors (Lipinski definition) is 6. The van der Waals surface area contributed by atoms with E-state index >= 15 is 0 Å². The van der Waals surface area contributed by atoms with E-state index in [4.69, 9.17) is 0 Å². The molecule has 0 unspecified atom stereocenters. The number of anilines is 1. The number of benzene rings is 1. The van der Waals surface area contributed by atoms with Gasteiger partial charge in [0.1, 0.15) is 12.1 Å². The smallest absolute Gasteiger partial charge is 0.254 e. The summed E-state index contributed by atoms with van der Waals surface area (Å²) < 4.78 is 27.2. The standard InChI is InChI=1S/C16H20N6O2S/c1-16(2,21-25(3,23)24)10-17-14-9-13(12-7-5-4-6-8-12)20-15-18-11-19-22(14)15/h4-9,11,17,21H,10H2,1-3H3. The normalized spacial score (nSPS) is 12.4. The molecule has 0 fully saturated rings. The molecule has 3 aromatic rings. The number of sulfonamides is 1. The van der Waals surface area contributed by atoms with Gasteiger partial charge in [0.2, 0.25) is 10.0 Å². The average molecular weight is 360 g/mol. The summed E-state index contributed by atoms with van der Waals surface area (Å²) in [4.78, 5) is 8.67. The van der Waals surface area contributed by atoms with Gasteiger partial charge in [-0.15, -0.1) is 0 Å². The van der Waals surface area contributed by atoms with Crippen molar-refractivity contribution in [2.75, 3.05) is 18.1 Å². The van der Waals surface area contributed by atoms with Crippen LogP contribution in [0.15, 0.2) is 42.7 Å². The maximum atomic E-state index is 11.5. The summed E-state index contributed by atoms with van der Waals surface area (Å²) in [5.74, 6) is 1.16. The second kappa shape index (κ2) is 6.41. The van der Waals surface area contributed by atoms with Crippen LogP contribution in [0.5, 0.6) is 0 Å². The molecule has 3 rings (SSSR count). The van der Waals surface area contributed by atoms with Crippen LogP contribution in [0.25, 0.3) is 17.0 Å². The maximum Gasteiger partial charge on any atom is 0.254 e. The highest BCUT2D eigenvalue weighted by molar-refractivity contribution is 7.88. The lowest BCUT2D eigenvalue weighted by atomic mass is 10.1. The molecule has 0 saturated heterocycles. The molecule has 0 spiro atoms. The van der Waals surface area contributed by atoms with Crippen molar-refractivity contribution >= 4 is 21.6 Å². The molecule has 8 nitrogen and oxygen atoms in total. The Balaban J connectivity index is 1.92. The number of hydrogen-bond donors (Lipinski definition) is 2. The highest BCUT2D eigenvalue weighted by Gasteiger charge is 2.22. The highest BCUT2D eigenvalue weighted by atomic mass is 32.2. The van der Waals surface area contributed by atoms with Gasteiger partial charge in [-0.3, -0.25) is 0 Å². The van der Waals surface area contributed by atoms with Crippen LogP contribution < -0.4 is 10.0 Å². The summed E-state index contributed by atoms with van der Waals surface area (Å²) in [6.45, 7) is 3.98. The van der Waals surface area contributed by atoms with E-state index in [0.717, 1.165) is 17.5 Å². The maximum absolute atomic E-state index is 11.5. The molecule has 2 N–H and O–H groups in total. The SMILES string of the molecule is CC(C)(CNc1cc(-c2ccccc2)nc2ncnn12)NS(C)(=O)=O. The van der Waals surface area contributed by atoms with Crippen molar-refractivity contribution < 1.29 is 8.42 Å². The third-order valence-corrected chi connectivity index (χ3v) is 4.42. The summed E-state index contributed by atoms with van der Waals surface area (Å²) in [6.07, 6.45) is 2.58. The largest absolute Gasteiger partial charge is 0.368 e. The van der Waals surface area contributed by atoms with Crippen LogP contribution in [0.4, 0.5) is 5.82 Å². The van der Waals surface area contributed by atoms with Crippen LogP contribution in [0.1, 0.15) is 13.8 Å². The van der Waals surface area contributed by atoms with E-state index in [-0.39, 0.29) is 0 Å². The minimum atomic E-state index is -3.31. The van der Waals surface area contributed by atoms with Gasteiger partial charge in [0.25, 0.3) is 5.78 Å². The van der Waals surface area contributed by atoms with Crippen molar-refractivity contribution in [1.29, 1.82) is 0 Å². The topological polar surface area (TPSA) is 101 Å². The fourth-order valence-corrected chi connectivity index (χ4v) is 3.62. The van der Waals surface area contributed by atoms with Gasteiger partial charge in [-0.05, 0) is 13.8 Å². The Hall–Kier alpha value is -2.52. The van der Waals surface area contributed by atoms with E-state index in [1.54, 1.807) is 18.4 Å². The van der Waals surface area contributed by atoms with Crippen molar-refractivity contribution in [2.45, 2.75) is 19.4 Å². The van der Waals surface area contributed by atoms with Gasteiger partial charge < -0.3 is 5.32 Å². The molecule has 2 aromatic heterocycles. The molecule has 0 amide bonds. The average Bonchev–Trinajstić information content (AvgIpc) is 2.99. The van der Waals surface area contributed by atoms with Gasteiger partial charge in [0, 0.05) is 23.7 Å². The van der Waals surface area contributed by atoms with Crippen molar-refractivity contribution in [3.05, 3.63) is 42.7 Å². The zero-order valence-electron chi connectivity index (χ0n) is 14.3. The number of fused-ring (bicyclic) bond motifs is 1. The summed E-state index contributed by atoms with van der Waals surface area (Å²) in [5.41, 5.74) is 1.05. The number of aromatic nitrogens is 4. The third-order valence-electron chi connectivity index (χ3n) is 3.49. The Morgan fingerprint density at radius 2 is 1.92 bits per heavy atom. The van der Waals surface area contributed by atoms with Gasteiger partial charge in [0.15, 0.2) is 0 Å². The Morgan fingerprint density at radius 1 is 1.20 bits per heavy atom. The van der Waals surface area contributed by atoms with Gasteiger partial charge in [-0.1, -0.05) is 30.3 Å². The van der Waals surface area contributed by atoms with Crippen molar-refractivity contribution in [3.63, 3.8) is 0 Å². The minimum Gasteiger partial charge on any atom is -0.368 e. The summed E-state index contributed by atoms with van der Waals surface area (Å²) in [6, 6.07) is 11.6. The van der Waals surface area contributed by atoms with Crippen LogP contribution in [0, 0.1) is 0 Å². The van der Waals surface area contributed by atoms with Crippen molar-refractivity contribution in [2.24, 2.45) is 0 Å². The quantitative estimate of drug-likeness (QED) is 0.691. The molecular formula is C16H20N6O2S. The third kappa shape index (κ3) is 4.31. The summed E-state index contributed by atoms with van der Waals surface area (Å²) in [5, 5.41) is 7.41. The lowest BCUT2D eigenvalue weighted by Gasteiger charge is -2.26. The molecule has 0 saturated carbocycles. The molecule has 25 heavy (non-hydrogen) atoms. The number of nitrogens with one attached hydrogen (secondary N) is 2. The van der Waals surface area contributed by atoms with Crippen LogP contribution in [0.3, 0.4) is 0 Å². The van der Waals surface area contributed by atoms with E-state index in [1.165, 1.54) is 6.33 Å². The molecule has 2 heterocycles. The predicted molar refractivity (Wildman–Crippen MR) is 96.8 cm³/mol. The van der Waals surface area contributed by atoms with Gasteiger partial charge >= 0.3 is 0 Å². The molecule has 0 bridgehead atoms. The van der Waals surface area contributed by atoms with Crippen molar-refractivity contribution in [1.82, 2.24) is 24.3 Å². The first-order valence-corrected chi connectivity index (χ1v) is 9.62. The first-order valence-electron chi connectivity index (χ1n) is 7.73. The van der Waals surface area contributed by atoms with Crippen LogP contribution in [-0.2, 0) is 10.0 Å². The molecule has 0 aliphatic heterocycles. The minimum absolute atomic E-state index is 0.368. The Labute approximate surface area is 146 Å². The van der Waals surface area contributed by atoms with E-state index < -0.39 is 15.6 Å². The zero-order valence-corrected chi connectivity index (χ0v) is 15.1. The predicted octanol–water partition coefficient (Wildman–Crippen LogP) is 1.53. The number of nitrogens with zero attached hydrogens (tertiary/aromatic N) is 4. The lowest BCUT2D eigenvalue weighted by Crippen LogP contribution is -2.47. The van der Waals surface area contributed by atoms with Crippen LogP contribution >= 0.6 is 0 Å². The fourth-order valence-electron chi connectivity index (χ4n) is 2.54. The zero-order chi connectivity index (χ0) is 18.1. The Bertz CT molecular complexity index is 982. The van der Waals surface area contributed by atoms with E-state index in [9.17, 15) is 8.42 Å². The first-order chi connectivity index (χ1) is 11.7. The molecule has 0 atom stereocenters. The van der Waals surface area contributed by atoms with E-state index in [0.29, 0.717) is 18.1 Å². The van der Waals surface area contributed by atoms with Gasteiger partial charge in [0.05, 0.1) is 11.9 Å². The molecule has 0 aliphatic rings. The molecule has 0 radical (unpaired) electrons. The second-order valence-corrected chi connectivity index (χ2v) is 8.22. The summed E-state index contributed by atoms with van der Waals surface area (Å²) in [7, 11) is -3.31. The highest BCUT2D eigenvalue weighted by Crippen LogP contribution is 2.21. The molecule has 0 aliphatic carbocycles. The number of rotatable bonds is 6. The van der Waals surface area contributed by atoms with Crippen LogP contribution in [0.2, 0.25) is 0 Å². The lowest BCUT2D eigenvalue weighted by molar-refractivity contribution is 0.475. The summed E-state index contributed by atoms with van der Waals surface area (Å²) >= 11 is 0. The molecule has 132 valence electrons. The first kappa shape index (κ1) is 17.3. The van der Waals surface area contributed by atoms with E-state index in [1.807, 2.05) is 36.4 Å². The molecule has 1 aromatic carbocycles. The van der Waals surface area contributed by atoms with Crippen LogP contribution in [-0.4, -0.2) is 46.3 Å². The van der Waals surface area contributed by atoms with Crippen molar-refractivity contribution in [3.8, 4) is 11.3 Å². The van der Waals surface area contributed by atoms with Gasteiger partial charge in [-0.2, -0.15) is 14.6 Å². The molecule has 9 heteroatoms. The Morgan fingerprint density at radius 3 is 2.60 bits per heavy atom. The monoisotopic (exact) mass is 360 g/mol.